The Labute approximate surface area is 140 Å². The third kappa shape index (κ3) is 3.27. The Morgan fingerprint density at radius 2 is 2.35 bits per heavy atom. The lowest BCUT2D eigenvalue weighted by atomic mass is 10.2. The lowest BCUT2D eigenvalue weighted by Crippen LogP contribution is -2.25. The van der Waals surface area contributed by atoms with Crippen LogP contribution in [0.3, 0.4) is 0 Å². The summed E-state index contributed by atoms with van der Waals surface area (Å²) in [5.74, 6) is 1.87. The number of imidazole rings is 1. The van der Waals surface area contributed by atoms with Gasteiger partial charge in [0.05, 0.1) is 7.11 Å². The summed E-state index contributed by atoms with van der Waals surface area (Å²) in [5, 5.41) is 3.02. The zero-order valence-electron chi connectivity index (χ0n) is 13.7. The molecule has 0 aliphatic heterocycles. The molecule has 1 aliphatic rings. The predicted molar refractivity (Wildman–Crippen MR) is 91.5 cm³/mol. The van der Waals surface area contributed by atoms with E-state index in [0.29, 0.717) is 6.54 Å². The van der Waals surface area contributed by atoms with Gasteiger partial charge in [0.2, 0.25) is 0 Å². The summed E-state index contributed by atoms with van der Waals surface area (Å²) >= 11 is 1.59. The lowest BCUT2D eigenvalue weighted by molar-refractivity contribution is 0.0954. The van der Waals surface area contributed by atoms with Crippen LogP contribution in [0.2, 0.25) is 0 Å². The van der Waals surface area contributed by atoms with Crippen molar-refractivity contribution in [2.75, 3.05) is 13.7 Å². The van der Waals surface area contributed by atoms with Gasteiger partial charge in [0.25, 0.3) is 5.91 Å². The van der Waals surface area contributed by atoms with E-state index >= 15 is 0 Å². The van der Waals surface area contributed by atoms with Gasteiger partial charge in [-0.15, -0.1) is 11.3 Å². The van der Waals surface area contributed by atoms with E-state index in [0.717, 1.165) is 48.7 Å². The molecule has 1 N–H and O–H groups in total. The number of carbonyl (C=O) groups excluding carboxylic acids is 1. The van der Waals surface area contributed by atoms with Gasteiger partial charge in [-0.3, -0.25) is 4.79 Å². The van der Waals surface area contributed by atoms with Gasteiger partial charge in [-0.25, -0.2) is 4.98 Å². The summed E-state index contributed by atoms with van der Waals surface area (Å²) in [5.41, 5.74) is 1.24. The number of amides is 1. The van der Waals surface area contributed by atoms with Crippen LogP contribution in [0.4, 0.5) is 0 Å². The fraction of sp³-hybridized carbons (Fsp3) is 0.529. The van der Waals surface area contributed by atoms with Gasteiger partial charge in [-0.05, 0) is 25.7 Å². The Bertz CT molecular complexity index is 690. The molecule has 0 unspecified atom stereocenters. The van der Waals surface area contributed by atoms with Gasteiger partial charge in [0, 0.05) is 42.3 Å². The molecule has 5 nitrogen and oxygen atoms in total. The van der Waals surface area contributed by atoms with Gasteiger partial charge in [-0.1, -0.05) is 6.92 Å². The third-order valence-electron chi connectivity index (χ3n) is 4.26. The van der Waals surface area contributed by atoms with Crippen molar-refractivity contribution in [3.05, 3.63) is 33.5 Å². The first-order chi connectivity index (χ1) is 11.2. The van der Waals surface area contributed by atoms with Gasteiger partial charge in [0.1, 0.15) is 16.5 Å². The molecule has 0 radical (unpaired) electrons. The highest BCUT2D eigenvalue weighted by atomic mass is 32.1. The summed E-state index contributed by atoms with van der Waals surface area (Å²) in [6, 6.07) is 0. The molecule has 0 saturated carbocycles. The van der Waals surface area contributed by atoms with Crippen LogP contribution < -0.4 is 10.1 Å². The second-order valence-electron chi connectivity index (χ2n) is 5.72. The number of fused-ring (bicyclic) bond motifs is 1. The van der Waals surface area contributed by atoms with E-state index in [1.54, 1.807) is 18.4 Å². The molecule has 2 aromatic rings. The topological polar surface area (TPSA) is 56.2 Å². The maximum Gasteiger partial charge on any atom is 0.265 e. The maximum atomic E-state index is 12.4. The standard InChI is InChI=1S/C17H23N3O2S/c1-3-14-18-9-11-20(14)10-5-8-19-17(21)16-15(22-2)12-6-4-7-13(12)23-16/h9,11H,3-8,10H2,1-2H3,(H,19,21). The first kappa shape index (κ1) is 16.1. The zero-order valence-corrected chi connectivity index (χ0v) is 14.5. The molecule has 2 heterocycles. The predicted octanol–water partition coefficient (Wildman–Crippen LogP) is 2.82. The molecule has 6 heteroatoms. The number of hydrogen-bond acceptors (Lipinski definition) is 4. The van der Waals surface area contributed by atoms with Crippen LogP contribution in [0.15, 0.2) is 12.4 Å². The van der Waals surface area contributed by atoms with E-state index in [1.165, 1.54) is 16.9 Å². The van der Waals surface area contributed by atoms with Crippen molar-refractivity contribution < 1.29 is 9.53 Å². The average molecular weight is 333 g/mol. The number of aromatic nitrogens is 2. The number of thiophene rings is 1. The van der Waals surface area contributed by atoms with E-state index in [9.17, 15) is 4.79 Å². The number of carbonyl (C=O) groups is 1. The smallest absolute Gasteiger partial charge is 0.265 e. The molecule has 0 saturated heterocycles. The minimum atomic E-state index is -0.0115. The number of rotatable bonds is 7. The molecule has 124 valence electrons. The highest BCUT2D eigenvalue weighted by molar-refractivity contribution is 7.14. The van der Waals surface area contributed by atoms with E-state index in [-0.39, 0.29) is 5.91 Å². The lowest BCUT2D eigenvalue weighted by Gasteiger charge is -2.08. The summed E-state index contributed by atoms with van der Waals surface area (Å²) in [4.78, 5) is 18.8. The minimum absolute atomic E-state index is 0.0115. The first-order valence-corrected chi connectivity index (χ1v) is 9.03. The first-order valence-electron chi connectivity index (χ1n) is 8.21. The molecule has 0 atom stereocenters. The quantitative estimate of drug-likeness (QED) is 0.793. The zero-order chi connectivity index (χ0) is 16.2. The van der Waals surface area contributed by atoms with Crippen LogP contribution >= 0.6 is 11.3 Å². The number of hydrogen-bond donors (Lipinski definition) is 1. The maximum absolute atomic E-state index is 12.4. The number of methoxy groups -OCH3 is 1. The molecule has 0 fully saturated rings. The average Bonchev–Trinajstić information content (AvgIpc) is 3.25. The minimum Gasteiger partial charge on any atom is -0.495 e. The van der Waals surface area contributed by atoms with E-state index in [4.69, 9.17) is 4.74 Å². The van der Waals surface area contributed by atoms with Crippen LogP contribution in [-0.4, -0.2) is 29.1 Å². The fourth-order valence-corrected chi connectivity index (χ4v) is 4.41. The van der Waals surface area contributed by atoms with Gasteiger partial charge in [0.15, 0.2) is 0 Å². The number of aryl methyl sites for hydroxylation is 3. The molecule has 0 spiro atoms. The molecule has 1 amide bonds. The summed E-state index contributed by atoms with van der Waals surface area (Å²) in [7, 11) is 1.66. The largest absolute Gasteiger partial charge is 0.495 e. The van der Waals surface area contributed by atoms with E-state index in [1.807, 2.05) is 12.4 Å². The van der Waals surface area contributed by atoms with Crippen LogP contribution in [-0.2, 0) is 25.8 Å². The highest BCUT2D eigenvalue weighted by Crippen LogP contribution is 2.40. The summed E-state index contributed by atoms with van der Waals surface area (Å²) < 4.78 is 7.63. The van der Waals surface area contributed by atoms with Crippen molar-refractivity contribution in [1.29, 1.82) is 0 Å². The molecule has 2 aromatic heterocycles. The van der Waals surface area contributed by atoms with Crippen LogP contribution in [0.25, 0.3) is 0 Å². The van der Waals surface area contributed by atoms with Crippen molar-refractivity contribution in [2.45, 2.75) is 45.6 Å². The van der Waals surface area contributed by atoms with Crippen molar-refractivity contribution in [3.63, 3.8) is 0 Å². The van der Waals surface area contributed by atoms with Gasteiger partial charge in [-0.2, -0.15) is 0 Å². The van der Waals surface area contributed by atoms with Crippen LogP contribution in [0.5, 0.6) is 5.75 Å². The second kappa shape index (κ2) is 7.17. The van der Waals surface area contributed by atoms with Gasteiger partial charge >= 0.3 is 0 Å². The van der Waals surface area contributed by atoms with Crippen LogP contribution in [0.1, 0.15) is 45.7 Å². The molecule has 1 aliphatic carbocycles. The van der Waals surface area contributed by atoms with E-state index in [2.05, 4.69) is 21.8 Å². The molecule has 0 bridgehead atoms. The Morgan fingerprint density at radius 1 is 1.48 bits per heavy atom. The summed E-state index contributed by atoms with van der Waals surface area (Å²) in [6.07, 6.45) is 8.92. The fourth-order valence-electron chi connectivity index (χ4n) is 3.13. The van der Waals surface area contributed by atoms with Crippen molar-refractivity contribution >= 4 is 17.2 Å². The van der Waals surface area contributed by atoms with E-state index < -0.39 is 0 Å². The normalized spacial score (nSPS) is 13.1. The molecule has 3 rings (SSSR count). The molecular formula is C17H23N3O2S. The Kier molecular flexibility index (Phi) is 5.00. The Balaban J connectivity index is 1.54. The van der Waals surface area contributed by atoms with Gasteiger partial charge < -0.3 is 14.6 Å². The summed E-state index contributed by atoms with van der Waals surface area (Å²) in [6.45, 7) is 3.64. The second-order valence-corrected chi connectivity index (χ2v) is 6.82. The molecular weight excluding hydrogens is 310 g/mol. The Hall–Kier alpha value is -1.82. The number of nitrogens with zero attached hydrogens (tertiary/aromatic N) is 2. The molecule has 23 heavy (non-hydrogen) atoms. The highest BCUT2D eigenvalue weighted by Gasteiger charge is 2.26. The van der Waals surface area contributed by atoms with Crippen molar-refractivity contribution in [3.8, 4) is 5.75 Å². The SMILES string of the molecule is CCc1nccn1CCCNC(=O)c1sc2c(c1OC)CCC2. The van der Waals surface area contributed by atoms with Crippen molar-refractivity contribution in [2.24, 2.45) is 0 Å². The monoisotopic (exact) mass is 333 g/mol. The van der Waals surface area contributed by atoms with Crippen LogP contribution in [0, 0.1) is 0 Å². The Morgan fingerprint density at radius 3 is 3.13 bits per heavy atom. The number of nitrogens with one attached hydrogen (secondary N) is 1. The van der Waals surface area contributed by atoms with Crippen molar-refractivity contribution in [1.82, 2.24) is 14.9 Å². The molecule has 0 aromatic carbocycles. The number of ether oxygens (including phenoxy) is 1. The third-order valence-corrected chi connectivity index (χ3v) is 5.53.